The van der Waals surface area contributed by atoms with Crippen molar-refractivity contribution in [2.75, 3.05) is 26.4 Å². The first-order valence-electron chi connectivity index (χ1n) is 9.91. The van der Waals surface area contributed by atoms with Crippen LogP contribution in [0.15, 0.2) is 73.9 Å². The van der Waals surface area contributed by atoms with Gasteiger partial charge in [-0.05, 0) is 30.1 Å². The zero-order chi connectivity index (χ0) is 19.5. The van der Waals surface area contributed by atoms with Crippen molar-refractivity contribution in [1.82, 2.24) is 0 Å². The van der Waals surface area contributed by atoms with Gasteiger partial charge < -0.3 is 18.9 Å². The van der Waals surface area contributed by atoms with Gasteiger partial charge in [-0.25, -0.2) is 0 Å². The van der Waals surface area contributed by atoms with Gasteiger partial charge in [0.05, 0.1) is 31.8 Å². The van der Waals surface area contributed by atoms with E-state index in [1.807, 2.05) is 18.2 Å². The molecule has 0 N–H and O–H groups in total. The van der Waals surface area contributed by atoms with E-state index in [9.17, 15) is 0 Å². The largest absolute Gasteiger partial charge is 0.371 e. The van der Waals surface area contributed by atoms with E-state index in [0.29, 0.717) is 26.1 Å². The van der Waals surface area contributed by atoms with Gasteiger partial charge in [0.1, 0.15) is 12.2 Å². The number of epoxide rings is 2. The molecule has 0 spiro atoms. The molecule has 2 heterocycles. The van der Waals surface area contributed by atoms with E-state index >= 15 is 0 Å². The third kappa shape index (κ3) is 4.06. The molecule has 0 amide bonds. The number of benzene rings is 1. The monoisotopic (exact) mass is 380 g/mol. The maximum atomic E-state index is 6.45. The fraction of sp³-hybridized carbons (Fsp3) is 0.417. The predicted molar refractivity (Wildman–Crippen MR) is 110 cm³/mol. The molecule has 2 saturated heterocycles. The van der Waals surface area contributed by atoms with Crippen molar-refractivity contribution < 1.29 is 18.9 Å². The van der Waals surface area contributed by atoms with Crippen LogP contribution >= 0.6 is 0 Å². The van der Waals surface area contributed by atoms with Crippen LogP contribution in [0.25, 0.3) is 5.57 Å². The molecule has 4 rings (SSSR count). The fourth-order valence-electron chi connectivity index (χ4n) is 3.81. The molecule has 4 heteroatoms. The molecule has 1 aromatic rings. The maximum absolute atomic E-state index is 6.45. The van der Waals surface area contributed by atoms with Gasteiger partial charge in [-0.1, -0.05) is 54.6 Å². The van der Waals surface area contributed by atoms with E-state index in [1.54, 1.807) is 0 Å². The lowest BCUT2D eigenvalue weighted by molar-refractivity contribution is -0.259. The Labute approximate surface area is 167 Å². The van der Waals surface area contributed by atoms with Gasteiger partial charge in [0, 0.05) is 0 Å². The van der Waals surface area contributed by atoms with E-state index in [0.717, 1.165) is 18.8 Å². The van der Waals surface area contributed by atoms with Gasteiger partial charge in [-0.2, -0.15) is 0 Å². The lowest BCUT2D eigenvalue weighted by atomic mass is 9.68. The van der Waals surface area contributed by atoms with Crippen LogP contribution in [0.2, 0.25) is 0 Å². The van der Waals surface area contributed by atoms with E-state index in [2.05, 4.69) is 55.7 Å². The summed E-state index contributed by atoms with van der Waals surface area (Å²) in [5, 5.41) is 0. The maximum Gasteiger partial charge on any atom is 0.198 e. The van der Waals surface area contributed by atoms with Crippen molar-refractivity contribution in [3.05, 3.63) is 79.4 Å². The van der Waals surface area contributed by atoms with Crippen LogP contribution in [0.3, 0.4) is 0 Å². The standard InChI is InChI=1S/C24H28O4/c1-3-11-23(12-4-2)14-20(19-8-6-5-7-9-19)10-13-24(23,27-17-21-15-25-21)28-18-22-16-26-22/h3-10,13-14,21-22H,1-2,11-12,15-18H2. The summed E-state index contributed by atoms with van der Waals surface area (Å²) in [5.74, 6) is -0.911. The molecule has 1 aromatic carbocycles. The van der Waals surface area contributed by atoms with Crippen molar-refractivity contribution in [2.45, 2.75) is 30.8 Å². The molecular weight excluding hydrogens is 352 g/mol. The number of rotatable bonds is 11. The minimum Gasteiger partial charge on any atom is -0.371 e. The van der Waals surface area contributed by atoms with Crippen LogP contribution in [-0.2, 0) is 18.9 Å². The normalized spacial score (nSPS) is 29.8. The van der Waals surface area contributed by atoms with Gasteiger partial charge >= 0.3 is 0 Å². The second-order valence-corrected chi connectivity index (χ2v) is 7.64. The molecule has 2 fully saturated rings. The fourth-order valence-corrected chi connectivity index (χ4v) is 3.81. The third-order valence-corrected chi connectivity index (χ3v) is 5.50. The Bertz CT molecular complexity index is 730. The number of ether oxygens (including phenoxy) is 4. The summed E-state index contributed by atoms with van der Waals surface area (Å²) >= 11 is 0. The minimum absolute atomic E-state index is 0.149. The molecule has 2 aliphatic heterocycles. The summed E-state index contributed by atoms with van der Waals surface area (Å²) < 4.78 is 23.6. The topological polar surface area (TPSA) is 43.5 Å². The predicted octanol–water partition coefficient (Wildman–Crippen LogP) is 4.31. The summed E-state index contributed by atoms with van der Waals surface area (Å²) in [6.45, 7) is 10.5. The molecule has 28 heavy (non-hydrogen) atoms. The van der Waals surface area contributed by atoms with Crippen molar-refractivity contribution in [2.24, 2.45) is 5.41 Å². The van der Waals surface area contributed by atoms with Crippen LogP contribution in [0.4, 0.5) is 0 Å². The number of hydrogen-bond acceptors (Lipinski definition) is 4. The summed E-state index contributed by atoms with van der Waals surface area (Å²) in [7, 11) is 0. The van der Waals surface area contributed by atoms with Gasteiger partial charge in [0.15, 0.2) is 5.79 Å². The first-order valence-corrected chi connectivity index (χ1v) is 9.91. The van der Waals surface area contributed by atoms with Gasteiger partial charge in [0.2, 0.25) is 0 Å². The second kappa shape index (κ2) is 8.18. The molecule has 0 saturated carbocycles. The first kappa shape index (κ1) is 19.3. The SMILES string of the molecule is C=CCC1(CC=C)C=C(c2ccccc2)C=CC1(OCC1CO1)OCC1CO1. The average molecular weight is 380 g/mol. The van der Waals surface area contributed by atoms with Crippen molar-refractivity contribution in [3.63, 3.8) is 0 Å². The Kier molecular flexibility index (Phi) is 5.65. The van der Waals surface area contributed by atoms with Crippen molar-refractivity contribution in [1.29, 1.82) is 0 Å². The molecule has 0 aromatic heterocycles. The number of allylic oxidation sites excluding steroid dienone is 4. The van der Waals surface area contributed by atoms with Gasteiger partial charge in [0.25, 0.3) is 0 Å². The van der Waals surface area contributed by atoms with E-state index in [4.69, 9.17) is 18.9 Å². The smallest absolute Gasteiger partial charge is 0.198 e. The quantitative estimate of drug-likeness (QED) is 0.326. The summed E-state index contributed by atoms with van der Waals surface area (Å²) in [6.07, 6.45) is 12.0. The Morgan fingerprint density at radius 1 is 0.964 bits per heavy atom. The lowest BCUT2D eigenvalue weighted by Crippen LogP contribution is -2.52. The summed E-state index contributed by atoms with van der Waals surface area (Å²) in [5.41, 5.74) is 1.87. The van der Waals surface area contributed by atoms with Crippen LogP contribution in [0.5, 0.6) is 0 Å². The lowest BCUT2D eigenvalue weighted by Gasteiger charge is -2.48. The second-order valence-electron chi connectivity index (χ2n) is 7.64. The third-order valence-electron chi connectivity index (χ3n) is 5.50. The Morgan fingerprint density at radius 2 is 1.54 bits per heavy atom. The highest BCUT2D eigenvalue weighted by atomic mass is 16.7. The molecule has 148 valence electrons. The first-order chi connectivity index (χ1) is 13.7. The molecule has 0 bridgehead atoms. The molecular formula is C24H28O4. The minimum atomic E-state index is -0.911. The zero-order valence-corrected chi connectivity index (χ0v) is 16.2. The highest BCUT2D eigenvalue weighted by molar-refractivity contribution is 5.76. The molecule has 1 aliphatic carbocycles. The molecule has 3 aliphatic rings. The zero-order valence-electron chi connectivity index (χ0n) is 16.2. The number of hydrogen-bond donors (Lipinski definition) is 0. The Morgan fingerprint density at radius 3 is 2.04 bits per heavy atom. The van der Waals surface area contributed by atoms with E-state index in [1.165, 1.54) is 5.56 Å². The van der Waals surface area contributed by atoms with Crippen LogP contribution in [0, 0.1) is 5.41 Å². The Balaban J connectivity index is 1.72. The van der Waals surface area contributed by atoms with Crippen molar-refractivity contribution >= 4 is 5.57 Å². The summed E-state index contributed by atoms with van der Waals surface area (Å²) in [6, 6.07) is 10.4. The van der Waals surface area contributed by atoms with Gasteiger partial charge in [-0.3, -0.25) is 0 Å². The van der Waals surface area contributed by atoms with Crippen LogP contribution in [0.1, 0.15) is 18.4 Å². The van der Waals surface area contributed by atoms with Crippen LogP contribution < -0.4 is 0 Å². The summed E-state index contributed by atoms with van der Waals surface area (Å²) in [4.78, 5) is 0. The molecule has 2 unspecified atom stereocenters. The van der Waals surface area contributed by atoms with E-state index < -0.39 is 11.2 Å². The highest BCUT2D eigenvalue weighted by Gasteiger charge is 2.52. The van der Waals surface area contributed by atoms with Gasteiger partial charge in [-0.15, -0.1) is 13.2 Å². The van der Waals surface area contributed by atoms with Crippen LogP contribution in [-0.4, -0.2) is 44.4 Å². The highest BCUT2D eigenvalue weighted by Crippen LogP contribution is 2.50. The Hall–Kier alpha value is -1.98. The van der Waals surface area contributed by atoms with E-state index in [-0.39, 0.29) is 12.2 Å². The molecule has 0 radical (unpaired) electrons. The molecule has 4 nitrogen and oxygen atoms in total. The average Bonchev–Trinajstić information content (AvgIpc) is 3.62. The molecule has 2 atom stereocenters. The van der Waals surface area contributed by atoms with Crippen molar-refractivity contribution in [3.8, 4) is 0 Å².